The number of benzene rings is 2. The Balaban J connectivity index is 1.78. The van der Waals surface area contributed by atoms with Gasteiger partial charge in [0.1, 0.15) is 5.75 Å². The maximum Gasteiger partial charge on any atom is 0.323 e. The van der Waals surface area contributed by atoms with E-state index in [1.54, 1.807) is 24.3 Å². The van der Waals surface area contributed by atoms with Crippen molar-refractivity contribution >= 4 is 44.7 Å². The molecule has 2 aromatic rings. The number of hydrogen-bond donors (Lipinski definition) is 3. The lowest BCUT2D eigenvalue weighted by Crippen LogP contribution is -2.19. The molecule has 0 bridgehead atoms. The van der Waals surface area contributed by atoms with Crippen LogP contribution in [0.4, 0.5) is 21.9 Å². The van der Waals surface area contributed by atoms with Gasteiger partial charge in [-0.15, -0.1) is 0 Å². The van der Waals surface area contributed by atoms with E-state index in [0.29, 0.717) is 28.4 Å². The monoisotopic (exact) mass is 367 g/mol. The van der Waals surface area contributed by atoms with Crippen molar-refractivity contribution in [3.63, 3.8) is 0 Å². The van der Waals surface area contributed by atoms with Crippen LogP contribution < -0.4 is 20.1 Å². The Morgan fingerprint density at radius 1 is 1.25 bits per heavy atom. The van der Waals surface area contributed by atoms with Crippen molar-refractivity contribution in [1.29, 1.82) is 0 Å². The number of nitrogens with one attached hydrogen (secondary N) is 3. The molecule has 1 aliphatic heterocycles. The molecule has 0 radical (unpaired) electrons. The number of sulfonamides is 1. The third-order valence-corrected chi connectivity index (χ3v) is 4.95. The molecule has 3 N–H and O–H groups in total. The van der Waals surface area contributed by atoms with Gasteiger partial charge in [-0.25, -0.2) is 13.2 Å². The van der Waals surface area contributed by atoms with Gasteiger partial charge in [0.25, 0.3) is 0 Å². The fourth-order valence-corrected chi connectivity index (χ4v) is 4.02. The van der Waals surface area contributed by atoms with Crippen LogP contribution in [0.2, 0.25) is 5.02 Å². The highest BCUT2D eigenvalue weighted by molar-refractivity contribution is 7.92. The van der Waals surface area contributed by atoms with Gasteiger partial charge in [-0.05, 0) is 24.3 Å². The molecule has 0 unspecified atom stereocenters. The number of carbonyl (C=O) groups is 1. The molecular formula is C15H14ClN3O4S. The molecule has 7 nitrogen and oxygen atoms in total. The molecule has 2 amide bonds. The van der Waals surface area contributed by atoms with Gasteiger partial charge in [-0.2, -0.15) is 0 Å². The summed E-state index contributed by atoms with van der Waals surface area (Å²) in [4.78, 5) is 12.1. The maximum absolute atomic E-state index is 12.1. The Hall–Kier alpha value is -2.45. The van der Waals surface area contributed by atoms with Gasteiger partial charge in [0.05, 0.1) is 24.2 Å². The molecule has 126 valence electrons. The van der Waals surface area contributed by atoms with Crippen molar-refractivity contribution in [2.45, 2.75) is 5.75 Å². The minimum atomic E-state index is -3.41. The summed E-state index contributed by atoms with van der Waals surface area (Å²) in [6, 6.07) is 9.49. The normalized spacial score (nSPS) is 14.4. The summed E-state index contributed by atoms with van der Waals surface area (Å²) >= 11 is 6.10. The van der Waals surface area contributed by atoms with Crippen molar-refractivity contribution < 1.29 is 17.9 Å². The quantitative estimate of drug-likeness (QED) is 0.775. The molecule has 0 aliphatic carbocycles. The number of halogens is 1. The second-order valence-corrected chi connectivity index (χ2v) is 7.25. The Morgan fingerprint density at radius 3 is 2.75 bits per heavy atom. The fraction of sp³-hybridized carbons (Fsp3) is 0.133. The number of urea groups is 1. The standard InChI is InChI=1S/C15H14ClN3O4S/c1-23-14-5-3-2-4-12(14)18-15(20)17-9-6-11(16)10-8-24(21,22)19-13(10)7-9/h2-7,19H,8H2,1H3,(H2,17,18,20). The largest absolute Gasteiger partial charge is 0.495 e. The average Bonchev–Trinajstić information content (AvgIpc) is 2.82. The smallest absolute Gasteiger partial charge is 0.323 e. The van der Waals surface area contributed by atoms with E-state index in [9.17, 15) is 13.2 Å². The molecule has 3 rings (SSSR count). The Kier molecular flexibility index (Phi) is 4.25. The first-order chi connectivity index (χ1) is 11.4. The molecule has 2 aromatic carbocycles. The number of amides is 2. The van der Waals surface area contributed by atoms with Crippen LogP contribution in [-0.2, 0) is 15.8 Å². The highest BCUT2D eigenvalue weighted by Crippen LogP contribution is 2.36. The lowest BCUT2D eigenvalue weighted by Gasteiger charge is -2.12. The van der Waals surface area contributed by atoms with Crippen LogP contribution in [0.1, 0.15) is 5.56 Å². The van der Waals surface area contributed by atoms with Gasteiger partial charge in [-0.1, -0.05) is 23.7 Å². The first kappa shape index (κ1) is 16.4. The Labute approximate surface area is 144 Å². The summed E-state index contributed by atoms with van der Waals surface area (Å²) in [5.74, 6) is 0.349. The van der Waals surface area contributed by atoms with Gasteiger partial charge < -0.3 is 15.4 Å². The molecular weight excluding hydrogens is 354 g/mol. The first-order valence-electron chi connectivity index (χ1n) is 6.92. The molecule has 0 saturated heterocycles. The van der Waals surface area contributed by atoms with Gasteiger partial charge in [0, 0.05) is 16.3 Å². The second kappa shape index (κ2) is 6.21. The molecule has 9 heteroatoms. The minimum Gasteiger partial charge on any atom is -0.495 e. The molecule has 1 aliphatic rings. The number of hydrogen-bond acceptors (Lipinski definition) is 4. The van der Waals surface area contributed by atoms with Crippen LogP contribution in [0.25, 0.3) is 0 Å². The van der Waals surface area contributed by atoms with Gasteiger partial charge in [0.15, 0.2) is 0 Å². The number of carbonyl (C=O) groups excluding carboxylic acids is 1. The number of ether oxygens (including phenoxy) is 1. The zero-order valence-electron chi connectivity index (χ0n) is 12.6. The van der Waals surface area contributed by atoms with Gasteiger partial charge >= 0.3 is 6.03 Å². The third kappa shape index (κ3) is 3.39. The summed E-state index contributed by atoms with van der Waals surface area (Å²) in [6.45, 7) is 0. The molecule has 0 atom stereocenters. The fourth-order valence-electron chi connectivity index (χ4n) is 2.37. The molecule has 0 saturated carbocycles. The van der Waals surface area contributed by atoms with Crippen molar-refractivity contribution in [3.05, 3.63) is 47.0 Å². The third-order valence-electron chi connectivity index (χ3n) is 3.41. The van der Waals surface area contributed by atoms with Crippen LogP contribution in [-0.4, -0.2) is 21.6 Å². The number of methoxy groups -OCH3 is 1. The van der Waals surface area contributed by atoms with Crippen LogP contribution in [0.15, 0.2) is 36.4 Å². The average molecular weight is 368 g/mol. The van der Waals surface area contributed by atoms with E-state index >= 15 is 0 Å². The minimum absolute atomic E-state index is 0.172. The van der Waals surface area contributed by atoms with Crippen LogP contribution >= 0.6 is 11.6 Å². The van der Waals surface area contributed by atoms with E-state index in [1.165, 1.54) is 19.2 Å². The number of para-hydroxylation sites is 2. The number of rotatable bonds is 3. The van der Waals surface area contributed by atoms with E-state index in [-0.39, 0.29) is 10.8 Å². The van der Waals surface area contributed by atoms with Crippen molar-refractivity contribution in [2.24, 2.45) is 0 Å². The first-order valence-corrected chi connectivity index (χ1v) is 8.95. The van der Waals surface area contributed by atoms with Crippen molar-refractivity contribution in [1.82, 2.24) is 0 Å². The summed E-state index contributed by atoms with van der Waals surface area (Å²) in [6.07, 6.45) is 0. The number of anilines is 3. The zero-order chi connectivity index (χ0) is 17.3. The SMILES string of the molecule is COc1ccccc1NC(=O)Nc1cc(Cl)c2c(c1)NS(=O)(=O)C2. The Morgan fingerprint density at radius 2 is 2.00 bits per heavy atom. The number of fused-ring (bicyclic) bond motifs is 1. The zero-order valence-corrected chi connectivity index (χ0v) is 14.2. The molecule has 0 fully saturated rings. The summed E-state index contributed by atoms with van der Waals surface area (Å²) in [7, 11) is -1.91. The van der Waals surface area contributed by atoms with E-state index in [4.69, 9.17) is 16.3 Å². The Bertz CT molecular complexity index is 915. The van der Waals surface area contributed by atoms with Crippen molar-refractivity contribution in [3.8, 4) is 5.75 Å². The van der Waals surface area contributed by atoms with E-state index in [0.717, 1.165) is 0 Å². The maximum atomic E-state index is 12.1. The lowest BCUT2D eigenvalue weighted by molar-refractivity contribution is 0.262. The van der Waals surface area contributed by atoms with E-state index in [2.05, 4.69) is 15.4 Å². The predicted octanol–water partition coefficient (Wildman–Crippen LogP) is 3.25. The van der Waals surface area contributed by atoms with Crippen LogP contribution in [0, 0.1) is 0 Å². The van der Waals surface area contributed by atoms with E-state index in [1.807, 2.05) is 0 Å². The van der Waals surface area contributed by atoms with Gasteiger partial charge in [0.2, 0.25) is 10.0 Å². The summed E-state index contributed by atoms with van der Waals surface area (Å²) in [5, 5.41) is 5.54. The highest BCUT2D eigenvalue weighted by atomic mass is 35.5. The molecule has 0 spiro atoms. The highest BCUT2D eigenvalue weighted by Gasteiger charge is 2.26. The lowest BCUT2D eigenvalue weighted by atomic mass is 10.2. The molecule has 1 heterocycles. The summed E-state index contributed by atoms with van der Waals surface area (Å²) < 4.78 is 30.8. The molecule has 0 aromatic heterocycles. The topological polar surface area (TPSA) is 96.5 Å². The predicted molar refractivity (Wildman–Crippen MR) is 93.3 cm³/mol. The second-order valence-electron chi connectivity index (χ2n) is 5.12. The van der Waals surface area contributed by atoms with Crippen LogP contribution in [0.3, 0.4) is 0 Å². The van der Waals surface area contributed by atoms with Gasteiger partial charge in [-0.3, -0.25) is 4.72 Å². The van der Waals surface area contributed by atoms with E-state index < -0.39 is 16.1 Å². The molecule has 24 heavy (non-hydrogen) atoms. The van der Waals surface area contributed by atoms with Crippen molar-refractivity contribution in [2.75, 3.05) is 22.5 Å². The van der Waals surface area contributed by atoms with Crippen LogP contribution in [0.5, 0.6) is 5.75 Å². The summed E-state index contributed by atoms with van der Waals surface area (Å²) in [5.41, 5.74) is 1.74.